The highest BCUT2D eigenvalue weighted by Gasteiger charge is 2.26. The fourth-order valence-corrected chi connectivity index (χ4v) is 3.57. The number of piperazine rings is 1. The number of carbonyl (C=O) groups is 1. The van der Waals surface area contributed by atoms with E-state index in [1.165, 1.54) is 0 Å². The van der Waals surface area contributed by atoms with Gasteiger partial charge in [-0.3, -0.25) is 9.69 Å². The largest absolute Gasteiger partial charge is 0.497 e. The molecule has 29 heavy (non-hydrogen) atoms. The predicted molar refractivity (Wildman–Crippen MR) is 113 cm³/mol. The number of rotatable bonds is 7. The molecule has 0 radical (unpaired) electrons. The first kappa shape index (κ1) is 21.0. The topological polar surface area (TPSA) is 51.2 Å². The van der Waals surface area contributed by atoms with Crippen LogP contribution in [0.1, 0.15) is 18.1 Å². The van der Waals surface area contributed by atoms with Crippen molar-refractivity contribution in [1.82, 2.24) is 9.80 Å². The van der Waals surface area contributed by atoms with Gasteiger partial charge in [-0.25, -0.2) is 0 Å². The number of amides is 1. The van der Waals surface area contributed by atoms with Crippen molar-refractivity contribution >= 4 is 5.91 Å². The molecule has 6 heteroatoms. The number of aryl methyl sites for hydroxylation is 1. The molecule has 1 aliphatic heterocycles. The molecule has 1 aliphatic rings. The van der Waals surface area contributed by atoms with E-state index in [-0.39, 0.29) is 5.91 Å². The highest BCUT2D eigenvalue weighted by Crippen LogP contribution is 2.25. The first-order valence-corrected chi connectivity index (χ1v) is 9.95. The fraction of sp³-hybridized carbons (Fsp3) is 0.435. The van der Waals surface area contributed by atoms with Gasteiger partial charge in [-0.15, -0.1) is 0 Å². The summed E-state index contributed by atoms with van der Waals surface area (Å²) in [6.45, 7) is 7.58. The molecule has 0 aromatic heterocycles. The Kier molecular flexibility index (Phi) is 6.99. The molecule has 0 aliphatic carbocycles. The van der Waals surface area contributed by atoms with Crippen molar-refractivity contribution in [1.29, 1.82) is 0 Å². The third-order valence-corrected chi connectivity index (χ3v) is 5.22. The van der Waals surface area contributed by atoms with Gasteiger partial charge >= 0.3 is 0 Å². The number of benzene rings is 2. The zero-order valence-corrected chi connectivity index (χ0v) is 17.7. The molecule has 1 atom stereocenters. The SMILES string of the molecule is COc1ccc(OC)c(CN2CCN(C(=O)C(C)Oc3cccc(C)c3)CC2)c1. The molecule has 3 rings (SSSR count). The van der Waals surface area contributed by atoms with Gasteiger partial charge in [0.05, 0.1) is 14.2 Å². The smallest absolute Gasteiger partial charge is 0.263 e. The third kappa shape index (κ3) is 5.41. The van der Waals surface area contributed by atoms with Gasteiger partial charge in [0, 0.05) is 38.3 Å². The molecular formula is C23H30N2O4. The first-order chi connectivity index (χ1) is 14.0. The van der Waals surface area contributed by atoms with E-state index in [1.54, 1.807) is 14.2 Å². The lowest BCUT2D eigenvalue weighted by Gasteiger charge is -2.36. The Bertz CT molecular complexity index is 831. The van der Waals surface area contributed by atoms with Gasteiger partial charge in [-0.2, -0.15) is 0 Å². The molecule has 2 aromatic rings. The van der Waals surface area contributed by atoms with E-state index in [4.69, 9.17) is 14.2 Å². The lowest BCUT2D eigenvalue weighted by molar-refractivity contribution is -0.139. The molecule has 156 valence electrons. The van der Waals surface area contributed by atoms with Crippen molar-refractivity contribution in [3.8, 4) is 17.2 Å². The van der Waals surface area contributed by atoms with E-state index in [0.29, 0.717) is 13.1 Å². The number of nitrogens with zero attached hydrogens (tertiary/aromatic N) is 2. The Morgan fingerprint density at radius 3 is 2.41 bits per heavy atom. The van der Waals surface area contributed by atoms with E-state index >= 15 is 0 Å². The van der Waals surface area contributed by atoms with E-state index in [9.17, 15) is 4.79 Å². The normalized spacial score (nSPS) is 15.7. The Morgan fingerprint density at radius 2 is 1.76 bits per heavy atom. The molecule has 6 nitrogen and oxygen atoms in total. The molecule has 1 unspecified atom stereocenters. The average molecular weight is 399 g/mol. The first-order valence-electron chi connectivity index (χ1n) is 9.95. The number of carbonyl (C=O) groups excluding carboxylic acids is 1. The second-order valence-electron chi connectivity index (χ2n) is 7.36. The predicted octanol–water partition coefficient (Wildman–Crippen LogP) is 3.12. The van der Waals surface area contributed by atoms with E-state index < -0.39 is 6.10 Å². The van der Waals surface area contributed by atoms with Crippen LogP contribution >= 0.6 is 0 Å². The summed E-state index contributed by atoms with van der Waals surface area (Å²) >= 11 is 0. The molecule has 1 saturated heterocycles. The van der Waals surface area contributed by atoms with Crippen molar-refractivity contribution in [2.24, 2.45) is 0 Å². The summed E-state index contributed by atoms with van der Waals surface area (Å²) in [6, 6.07) is 13.6. The minimum atomic E-state index is -0.498. The maximum atomic E-state index is 12.8. The van der Waals surface area contributed by atoms with Gasteiger partial charge in [-0.1, -0.05) is 12.1 Å². The van der Waals surface area contributed by atoms with Gasteiger partial charge in [0.25, 0.3) is 5.91 Å². The Balaban J connectivity index is 1.54. The lowest BCUT2D eigenvalue weighted by Crippen LogP contribution is -2.51. The Labute approximate surface area is 173 Å². The quantitative estimate of drug-likeness (QED) is 0.717. The summed E-state index contributed by atoms with van der Waals surface area (Å²) in [5.74, 6) is 2.43. The average Bonchev–Trinajstić information content (AvgIpc) is 2.73. The fourth-order valence-electron chi connectivity index (χ4n) is 3.57. The monoisotopic (exact) mass is 398 g/mol. The molecule has 1 fully saturated rings. The van der Waals surface area contributed by atoms with Crippen molar-refractivity contribution in [3.05, 3.63) is 53.6 Å². The van der Waals surface area contributed by atoms with Gasteiger partial charge in [-0.05, 0) is 49.7 Å². The second kappa shape index (κ2) is 9.65. The summed E-state index contributed by atoms with van der Waals surface area (Å²) < 4.78 is 16.7. The van der Waals surface area contributed by atoms with Crippen LogP contribution in [0, 0.1) is 6.92 Å². The van der Waals surface area contributed by atoms with Crippen LogP contribution in [0.5, 0.6) is 17.2 Å². The number of hydrogen-bond donors (Lipinski definition) is 0. The van der Waals surface area contributed by atoms with Crippen LogP contribution in [-0.2, 0) is 11.3 Å². The van der Waals surface area contributed by atoms with Crippen molar-refractivity contribution in [3.63, 3.8) is 0 Å². The van der Waals surface area contributed by atoms with Gasteiger partial charge in [0.15, 0.2) is 6.10 Å². The highest BCUT2D eigenvalue weighted by molar-refractivity contribution is 5.81. The van der Waals surface area contributed by atoms with Crippen LogP contribution in [0.15, 0.2) is 42.5 Å². The highest BCUT2D eigenvalue weighted by atomic mass is 16.5. The molecule has 0 bridgehead atoms. The van der Waals surface area contributed by atoms with E-state index in [2.05, 4.69) is 4.90 Å². The number of ether oxygens (including phenoxy) is 3. The van der Waals surface area contributed by atoms with Gasteiger partial charge in [0.2, 0.25) is 0 Å². The minimum absolute atomic E-state index is 0.0325. The lowest BCUT2D eigenvalue weighted by atomic mass is 10.1. The molecular weight excluding hydrogens is 368 g/mol. The molecule has 0 spiro atoms. The molecule has 0 N–H and O–H groups in total. The van der Waals surface area contributed by atoms with Crippen LogP contribution in [0.25, 0.3) is 0 Å². The Hall–Kier alpha value is -2.73. The zero-order valence-electron chi connectivity index (χ0n) is 17.7. The van der Waals surface area contributed by atoms with Crippen LogP contribution in [0.3, 0.4) is 0 Å². The Morgan fingerprint density at radius 1 is 1.00 bits per heavy atom. The van der Waals surface area contributed by atoms with E-state index in [1.807, 2.05) is 61.2 Å². The third-order valence-electron chi connectivity index (χ3n) is 5.22. The molecule has 1 amide bonds. The van der Waals surface area contributed by atoms with Gasteiger partial charge in [0.1, 0.15) is 17.2 Å². The minimum Gasteiger partial charge on any atom is -0.497 e. The van der Waals surface area contributed by atoms with Crippen LogP contribution < -0.4 is 14.2 Å². The summed E-state index contributed by atoms with van der Waals surface area (Å²) in [7, 11) is 3.34. The summed E-state index contributed by atoms with van der Waals surface area (Å²) in [4.78, 5) is 17.0. The number of hydrogen-bond acceptors (Lipinski definition) is 5. The number of methoxy groups -OCH3 is 2. The zero-order chi connectivity index (χ0) is 20.8. The van der Waals surface area contributed by atoms with Crippen LogP contribution in [0.2, 0.25) is 0 Å². The van der Waals surface area contributed by atoms with Gasteiger partial charge < -0.3 is 19.1 Å². The maximum Gasteiger partial charge on any atom is 0.263 e. The van der Waals surface area contributed by atoms with E-state index in [0.717, 1.165) is 48.0 Å². The maximum absolute atomic E-state index is 12.8. The van der Waals surface area contributed by atoms with Crippen molar-refractivity contribution in [2.75, 3.05) is 40.4 Å². The van der Waals surface area contributed by atoms with Crippen molar-refractivity contribution in [2.45, 2.75) is 26.5 Å². The second-order valence-corrected chi connectivity index (χ2v) is 7.36. The summed E-state index contributed by atoms with van der Waals surface area (Å²) in [5, 5.41) is 0. The van der Waals surface area contributed by atoms with Crippen LogP contribution in [-0.4, -0.2) is 62.2 Å². The standard InChI is InChI=1S/C23H30N2O4/c1-17-6-5-7-21(14-17)29-18(2)23(26)25-12-10-24(11-13-25)16-19-15-20(27-3)8-9-22(19)28-4/h5-9,14-15,18H,10-13,16H2,1-4H3. The molecule has 2 aromatic carbocycles. The summed E-state index contributed by atoms with van der Waals surface area (Å²) in [6.07, 6.45) is -0.498. The molecule has 1 heterocycles. The molecule has 0 saturated carbocycles. The van der Waals surface area contributed by atoms with Crippen molar-refractivity contribution < 1.29 is 19.0 Å². The van der Waals surface area contributed by atoms with Crippen LogP contribution in [0.4, 0.5) is 0 Å². The summed E-state index contributed by atoms with van der Waals surface area (Å²) in [5.41, 5.74) is 2.20.